The molecular formula is C26H32N4O2. The van der Waals surface area contributed by atoms with Crippen LogP contribution in [0.1, 0.15) is 66.2 Å². The minimum absolute atomic E-state index is 0.141. The lowest BCUT2D eigenvalue weighted by atomic mass is 9.84. The number of rotatable bonds is 5. The molecule has 3 heterocycles. The summed E-state index contributed by atoms with van der Waals surface area (Å²) in [6.45, 7) is 6.24. The van der Waals surface area contributed by atoms with E-state index in [1.807, 2.05) is 16.7 Å². The van der Waals surface area contributed by atoms with E-state index in [0.717, 1.165) is 55.1 Å². The number of carbonyl (C=O) groups excluding carboxylic acids is 2. The molecule has 0 unspecified atom stereocenters. The summed E-state index contributed by atoms with van der Waals surface area (Å²) < 4.78 is 0. The van der Waals surface area contributed by atoms with Crippen molar-refractivity contribution >= 4 is 17.6 Å². The topological polar surface area (TPSA) is 66.4 Å². The van der Waals surface area contributed by atoms with E-state index in [4.69, 9.17) is 9.97 Å². The lowest BCUT2D eigenvalue weighted by Crippen LogP contribution is -2.38. The van der Waals surface area contributed by atoms with Gasteiger partial charge in [-0.25, -0.2) is 9.97 Å². The van der Waals surface area contributed by atoms with Crippen LogP contribution in [-0.2, 0) is 22.4 Å². The number of aryl methyl sites for hydroxylation is 2. The summed E-state index contributed by atoms with van der Waals surface area (Å²) in [5, 5.41) is 0. The molecule has 0 N–H and O–H groups in total. The molecule has 2 fully saturated rings. The fraction of sp³-hybridized carbons (Fsp3) is 0.538. The third kappa shape index (κ3) is 4.03. The van der Waals surface area contributed by atoms with Gasteiger partial charge in [0, 0.05) is 49.1 Å². The lowest BCUT2D eigenvalue weighted by Gasteiger charge is -2.30. The number of aromatic nitrogens is 2. The Balaban J connectivity index is 1.36. The molecule has 2 aliphatic heterocycles. The van der Waals surface area contributed by atoms with Gasteiger partial charge in [-0.3, -0.25) is 14.5 Å². The third-order valence-electron chi connectivity index (χ3n) is 7.38. The van der Waals surface area contributed by atoms with Crippen LogP contribution >= 0.6 is 0 Å². The molecule has 1 saturated heterocycles. The standard InChI is InChI=1S/C26H32N4O2/c1-17-5-3-6-19(15-17)11-14-30-23(31)10-9-22-18(2)27-24(28-25(22)30)21-12-13-29(16-21)26(32)20-7-4-8-20/h3,5-6,15,20-21H,4,7-14,16H2,1-2H3/t21-/m1/s1. The molecule has 2 aromatic rings. The highest BCUT2D eigenvalue weighted by atomic mass is 16.2. The van der Waals surface area contributed by atoms with E-state index in [1.54, 1.807) is 0 Å². The summed E-state index contributed by atoms with van der Waals surface area (Å²) in [6.07, 6.45) is 6.16. The fourth-order valence-corrected chi connectivity index (χ4v) is 5.21. The third-order valence-corrected chi connectivity index (χ3v) is 7.38. The molecule has 6 nitrogen and oxygen atoms in total. The molecule has 2 amide bonds. The number of benzene rings is 1. The summed E-state index contributed by atoms with van der Waals surface area (Å²) in [5.41, 5.74) is 4.53. The fourth-order valence-electron chi connectivity index (χ4n) is 5.21. The van der Waals surface area contributed by atoms with Crippen LogP contribution in [0.3, 0.4) is 0 Å². The van der Waals surface area contributed by atoms with Crippen LogP contribution in [0.15, 0.2) is 24.3 Å². The molecule has 3 aliphatic rings. The molecule has 1 aromatic heterocycles. The molecule has 168 valence electrons. The molecule has 1 saturated carbocycles. The molecule has 0 bridgehead atoms. The van der Waals surface area contributed by atoms with Crippen LogP contribution in [0.5, 0.6) is 0 Å². The monoisotopic (exact) mass is 432 g/mol. The predicted octanol–water partition coefficient (Wildman–Crippen LogP) is 3.73. The van der Waals surface area contributed by atoms with Crippen molar-refractivity contribution in [3.8, 4) is 0 Å². The van der Waals surface area contributed by atoms with Crippen molar-refractivity contribution in [2.24, 2.45) is 5.92 Å². The second-order valence-electron chi connectivity index (χ2n) is 9.65. The maximum absolute atomic E-state index is 12.9. The van der Waals surface area contributed by atoms with E-state index in [2.05, 4.69) is 31.2 Å². The zero-order valence-electron chi connectivity index (χ0n) is 19.1. The van der Waals surface area contributed by atoms with Crippen molar-refractivity contribution in [1.29, 1.82) is 0 Å². The zero-order chi connectivity index (χ0) is 22.2. The van der Waals surface area contributed by atoms with E-state index in [9.17, 15) is 9.59 Å². The quantitative estimate of drug-likeness (QED) is 0.722. The van der Waals surface area contributed by atoms with Gasteiger partial charge >= 0.3 is 0 Å². The van der Waals surface area contributed by atoms with E-state index >= 15 is 0 Å². The summed E-state index contributed by atoms with van der Waals surface area (Å²) >= 11 is 0. The Morgan fingerprint density at radius 3 is 2.72 bits per heavy atom. The summed E-state index contributed by atoms with van der Waals surface area (Å²) in [4.78, 5) is 39.2. The number of amides is 2. The van der Waals surface area contributed by atoms with Crippen LogP contribution in [-0.4, -0.2) is 46.3 Å². The van der Waals surface area contributed by atoms with Gasteiger partial charge in [-0.15, -0.1) is 0 Å². The number of nitrogens with zero attached hydrogens (tertiary/aromatic N) is 4. The first-order valence-electron chi connectivity index (χ1n) is 12.0. The first-order valence-corrected chi connectivity index (χ1v) is 12.0. The van der Waals surface area contributed by atoms with Gasteiger partial charge in [-0.2, -0.15) is 0 Å². The minimum atomic E-state index is 0.141. The first kappa shape index (κ1) is 21.1. The molecule has 0 spiro atoms. The molecule has 0 radical (unpaired) electrons. The van der Waals surface area contributed by atoms with E-state index in [1.165, 1.54) is 17.5 Å². The molecule has 1 atom stereocenters. The lowest BCUT2D eigenvalue weighted by molar-refractivity contribution is -0.137. The minimum Gasteiger partial charge on any atom is -0.342 e. The molecule has 6 heteroatoms. The van der Waals surface area contributed by atoms with Crippen LogP contribution in [0.4, 0.5) is 5.82 Å². The average Bonchev–Trinajstić information content (AvgIpc) is 3.22. The van der Waals surface area contributed by atoms with Crippen molar-refractivity contribution in [1.82, 2.24) is 14.9 Å². The van der Waals surface area contributed by atoms with Gasteiger partial charge in [0.1, 0.15) is 11.6 Å². The maximum Gasteiger partial charge on any atom is 0.228 e. The second-order valence-corrected chi connectivity index (χ2v) is 9.65. The number of likely N-dealkylation sites (tertiary alicyclic amines) is 1. The highest BCUT2D eigenvalue weighted by Gasteiger charge is 2.36. The smallest absolute Gasteiger partial charge is 0.228 e. The Bertz CT molecular complexity index is 1050. The summed E-state index contributed by atoms with van der Waals surface area (Å²) in [7, 11) is 0. The van der Waals surface area contributed by atoms with Crippen LogP contribution in [0.25, 0.3) is 0 Å². The number of anilines is 1. The first-order chi connectivity index (χ1) is 15.5. The predicted molar refractivity (Wildman–Crippen MR) is 124 cm³/mol. The summed E-state index contributed by atoms with van der Waals surface area (Å²) in [5.74, 6) is 2.42. The zero-order valence-corrected chi connectivity index (χ0v) is 19.1. The van der Waals surface area contributed by atoms with Crippen LogP contribution < -0.4 is 4.90 Å². The van der Waals surface area contributed by atoms with Gasteiger partial charge in [-0.05, 0) is 51.5 Å². The Morgan fingerprint density at radius 2 is 1.97 bits per heavy atom. The highest BCUT2D eigenvalue weighted by molar-refractivity contribution is 5.95. The van der Waals surface area contributed by atoms with E-state index < -0.39 is 0 Å². The van der Waals surface area contributed by atoms with Crippen molar-refractivity contribution in [3.63, 3.8) is 0 Å². The number of hydrogen-bond donors (Lipinski definition) is 0. The van der Waals surface area contributed by atoms with Crippen molar-refractivity contribution in [2.45, 2.75) is 64.7 Å². The van der Waals surface area contributed by atoms with Gasteiger partial charge in [0.05, 0.1) is 0 Å². The molecular weight excluding hydrogens is 400 g/mol. The molecule has 5 rings (SSSR count). The Hall–Kier alpha value is -2.76. The number of hydrogen-bond acceptors (Lipinski definition) is 4. The van der Waals surface area contributed by atoms with Gasteiger partial charge in [0.25, 0.3) is 0 Å². The van der Waals surface area contributed by atoms with Crippen molar-refractivity contribution < 1.29 is 9.59 Å². The number of fused-ring (bicyclic) bond motifs is 1. The van der Waals surface area contributed by atoms with Crippen molar-refractivity contribution in [2.75, 3.05) is 24.5 Å². The van der Waals surface area contributed by atoms with Gasteiger partial charge < -0.3 is 4.90 Å². The average molecular weight is 433 g/mol. The normalized spacial score (nSPS) is 20.9. The Morgan fingerprint density at radius 1 is 1.12 bits per heavy atom. The summed E-state index contributed by atoms with van der Waals surface area (Å²) in [6, 6.07) is 8.45. The molecule has 32 heavy (non-hydrogen) atoms. The molecule has 1 aromatic carbocycles. The largest absolute Gasteiger partial charge is 0.342 e. The van der Waals surface area contributed by atoms with Crippen molar-refractivity contribution in [3.05, 3.63) is 52.5 Å². The number of carbonyl (C=O) groups is 2. The highest BCUT2D eigenvalue weighted by Crippen LogP contribution is 2.35. The Labute approximate surface area is 190 Å². The van der Waals surface area contributed by atoms with E-state index in [-0.39, 0.29) is 17.7 Å². The Kier molecular flexibility index (Phi) is 5.70. The van der Waals surface area contributed by atoms with Gasteiger partial charge in [-0.1, -0.05) is 36.2 Å². The van der Waals surface area contributed by atoms with Crippen LogP contribution in [0.2, 0.25) is 0 Å². The van der Waals surface area contributed by atoms with Crippen LogP contribution in [0, 0.1) is 19.8 Å². The molecule has 1 aliphatic carbocycles. The van der Waals surface area contributed by atoms with Gasteiger partial charge in [0.2, 0.25) is 11.8 Å². The maximum atomic E-state index is 12.9. The van der Waals surface area contributed by atoms with E-state index in [0.29, 0.717) is 31.8 Å². The second kappa shape index (κ2) is 8.64. The SMILES string of the molecule is Cc1cccc(CCN2C(=O)CCc3c(C)nc([C@@H]4CCN(C(=O)C5CCC5)C4)nc32)c1. The van der Waals surface area contributed by atoms with Gasteiger partial charge in [0.15, 0.2) is 0 Å².